The molecule has 0 fully saturated rings. The quantitative estimate of drug-likeness (QED) is 0.778. The van der Waals surface area contributed by atoms with E-state index in [0.717, 1.165) is 6.54 Å². The SMILES string of the molecule is CCNc1cnc(C(=O)NC(COC)C(C)C)cn1. The van der Waals surface area contributed by atoms with Crippen molar-refractivity contribution in [1.29, 1.82) is 0 Å². The van der Waals surface area contributed by atoms with Crippen LogP contribution in [0, 0.1) is 5.92 Å². The van der Waals surface area contributed by atoms with Crippen molar-refractivity contribution in [3.05, 3.63) is 18.1 Å². The van der Waals surface area contributed by atoms with Gasteiger partial charge >= 0.3 is 0 Å². The zero-order chi connectivity index (χ0) is 14.3. The number of ether oxygens (including phenoxy) is 1. The third kappa shape index (κ3) is 4.82. The monoisotopic (exact) mass is 266 g/mol. The van der Waals surface area contributed by atoms with Crippen LogP contribution in [0.5, 0.6) is 0 Å². The van der Waals surface area contributed by atoms with Crippen molar-refractivity contribution >= 4 is 11.7 Å². The number of hydrogen-bond acceptors (Lipinski definition) is 5. The Labute approximate surface area is 114 Å². The van der Waals surface area contributed by atoms with Crippen LogP contribution in [0.25, 0.3) is 0 Å². The number of carbonyl (C=O) groups is 1. The van der Waals surface area contributed by atoms with Crippen molar-refractivity contribution in [3.63, 3.8) is 0 Å². The van der Waals surface area contributed by atoms with Crippen LogP contribution in [0.1, 0.15) is 31.3 Å². The molecule has 106 valence electrons. The molecule has 0 aliphatic rings. The molecule has 0 spiro atoms. The van der Waals surface area contributed by atoms with E-state index in [1.165, 1.54) is 6.20 Å². The van der Waals surface area contributed by atoms with Crippen molar-refractivity contribution in [3.8, 4) is 0 Å². The van der Waals surface area contributed by atoms with Crippen LogP contribution in [0.15, 0.2) is 12.4 Å². The third-order valence-corrected chi connectivity index (χ3v) is 2.71. The van der Waals surface area contributed by atoms with E-state index < -0.39 is 0 Å². The Hall–Kier alpha value is -1.69. The van der Waals surface area contributed by atoms with Crippen molar-refractivity contribution in [1.82, 2.24) is 15.3 Å². The minimum Gasteiger partial charge on any atom is -0.383 e. The van der Waals surface area contributed by atoms with Crippen LogP contribution >= 0.6 is 0 Å². The number of aromatic nitrogens is 2. The molecule has 0 aliphatic heterocycles. The molecular formula is C13H22N4O2. The number of amides is 1. The number of methoxy groups -OCH3 is 1. The zero-order valence-electron chi connectivity index (χ0n) is 11.9. The Morgan fingerprint density at radius 2 is 2.11 bits per heavy atom. The van der Waals surface area contributed by atoms with E-state index in [-0.39, 0.29) is 17.9 Å². The van der Waals surface area contributed by atoms with Gasteiger partial charge in [-0.05, 0) is 12.8 Å². The molecule has 1 rings (SSSR count). The summed E-state index contributed by atoms with van der Waals surface area (Å²) in [6, 6.07) is -0.0345. The summed E-state index contributed by atoms with van der Waals surface area (Å²) in [4.78, 5) is 20.2. The van der Waals surface area contributed by atoms with Gasteiger partial charge in [0.15, 0.2) is 0 Å². The van der Waals surface area contributed by atoms with Crippen molar-refractivity contribution in [2.24, 2.45) is 5.92 Å². The Kier molecular flexibility index (Phi) is 6.21. The fourth-order valence-corrected chi connectivity index (χ4v) is 1.54. The lowest BCUT2D eigenvalue weighted by Gasteiger charge is -2.21. The fourth-order valence-electron chi connectivity index (χ4n) is 1.54. The maximum absolute atomic E-state index is 12.0. The topological polar surface area (TPSA) is 76.1 Å². The van der Waals surface area contributed by atoms with Gasteiger partial charge in [-0.25, -0.2) is 9.97 Å². The molecule has 1 amide bonds. The van der Waals surface area contributed by atoms with E-state index >= 15 is 0 Å². The van der Waals surface area contributed by atoms with Gasteiger partial charge in [0.2, 0.25) is 0 Å². The first-order valence-electron chi connectivity index (χ1n) is 6.44. The van der Waals surface area contributed by atoms with Crippen LogP contribution in [-0.2, 0) is 4.74 Å². The second kappa shape index (κ2) is 7.68. The smallest absolute Gasteiger partial charge is 0.271 e. The van der Waals surface area contributed by atoms with Crippen molar-refractivity contribution in [2.45, 2.75) is 26.8 Å². The third-order valence-electron chi connectivity index (χ3n) is 2.71. The molecule has 0 aliphatic carbocycles. The molecular weight excluding hydrogens is 244 g/mol. The molecule has 0 saturated carbocycles. The Morgan fingerprint density at radius 1 is 1.37 bits per heavy atom. The zero-order valence-corrected chi connectivity index (χ0v) is 11.9. The van der Waals surface area contributed by atoms with Gasteiger partial charge in [0.1, 0.15) is 11.5 Å². The predicted octanol–water partition coefficient (Wildman–Crippen LogP) is 1.31. The fraction of sp³-hybridized carbons (Fsp3) is 0.615. The van der Waals surface area contributed by atoms with Crippen LogP contribution in [-0.4, -0.2) is 42.2 Å². The van der Waals surface area contributed by atoms with Crippen LogP contribution in [0.2, 0.25) is 0 Å². The first-order chi connectivity index (χ1) is 9.08. The van der Waals surface area contributed by atoms with Crippen LogP contribution in [0.3, 0.4) is 0 Å². The highest BCUT2D eigenvalue weighted by Gasteiger charge is 2.17. The molecule has 2 N–H and O–H groups in total. The Bertz CT molecular complexity index is 392. The standard InChI is InChI=1S/C13H22N4O2/c1-5-14-12-7-15-10(6-16-12)13(18)17-11(8-19-4)9(2)3/h6-7,9,11H,5,8H2,1-4H3,(H,14,16)(H,17,18). The molecule has 0 aromatic carbocycles. The molecule has 1 aromatic rings. The maximum atomic E-state index is 12.0. The van der Waals surface area contributed by atoms with Gasteiger partial charge in [0.25, 0.3) is 5.91 Å². The van der Waals surface area contributed by atoms with Gasteiger partial charge < -0.3 is 15.4 Å². The summed E-state index contributed by atoms with van der Waals surface area (Å²) in [5.41, 5.74) is 0.309. The van der Waals surface area contributed by atoms with Crippen molar-refractivity contribution < 1.29 is 9.53 Å². The van der Waals surface area contributed by atoms with Gasteiger partial charge in [0.05, 0.1) is 25.0 Å². The average molecular weight is 266 g/mol. The lowest BCUT2D eigenvalue weighted by molar-refractivity contribution is 0.0861. The molecule has 6 heteroatoms. The molecule has 1 atom stereocenters. The number of carbonyl (C=O) groups excluding carboxylic acids is 1. The summed E-state index contributed by atoms with van der Waals surface area (Å²) in [6.07, 6.45) is 3.02. The second-order valence-electron chi connectivity index (χ2n) is 4.60. The molecule has 19 heavy (non-hydrogen) atoms. The minimum atomic E-state index is -0.230. The van der Waals surface area contributed by atoms with Crippen molar-refractivity contribution in [2.75, 3.05) is 25.6 Å². The minimum absolute atomic E-state index is 0.0345. The van der Waals surface area contributed by atoms with E-state index in [0.29, 0.717) is 18.1 Å². The Morgan fingerprint density at radius 3 is 2.58 bits per heavy atom. The average Bonchev–Trinajstić information content (AvgIpc) is 2.39. The summed E-state index contributed by atoms with van der Waals surface area (Å²) < 4.78 is 5.09. The number of nitrogens with one attached hydrogen (secondary N) is 2. The maximum Gasteiger partial charge on any atom is 0.271 e. The molecule has 1 aromatic heterocycles. The normalized spacial score (nSPS) is 12.3. The van der Waals surface area contributed by atoms with Crippen LogP contribution < -0.4 is 10.6 Å². The highest BCUT2D eigenvalue weighted by Crippen LogP contribution is 2.05. The molecule has 0 bridgehead atoms. The number of rotatable bonds is 7. The van der Waals surface area contributed by atoms with Gasteiger partial charge in [0, 0.05) is 13.7 Å². The highest BCUT2D eigenvalue weighted by molar-refractivity contribution is 5.92. The first kappa shape index (κ1) is 15.4. The van der Waals surface area contributed by atoms with Crippen LogP contribution in [0.4, 0.5) is 5.82 Å². The van der Waals surface area contributed by atoms with Gasteiger partial charge in [-0.2, -0.15) is 0 Å². The summed E-state index contributed by atoms with van der Waals surface area (Å²) in [5, 5.41) is 5.93. The molecule has 1 heterocycles. The largest absolute Gasteiger partial charge is 0.383 e. The lowest BCUT2D eigenvalue weighted by atomic mass is 10.1. The Balaban J connectivity index is 2.66. The van der Waals surface area contributed by atoms with Gasteiger partial charge in [-0.15, -0.1) is 0 Å². The first-order valence-corrected chi connectivity index (χ1v) is 6.44. The van der Waals surface area contributed by atoms with E-state index in [4.69, 9.17) is 4.74 Å². The highest BCUT2D eigenvalue weighted by atomic mass is 16.5. The van der Waals surface area contributed by atoms with Gasteiger partial charge in [-0.3, -0.25) is 4.79 Å². The molecule has 0 saturated heterocycles. The molecule has 1 unspecified atom stereocenters. The lowest BCUT2D eigenvalue weighted by Crippen LogP contribution is -2.42. The van der Waals surface area contributed by atoms with Gasteiger partial charge in [-0.1, -0.05) is 13.8 Å². The predicted molar refractivity (Wildman–Crippen MR) is 74.2 cm³/mol. The summed E-state index contributed by atoms with van der Waals surface area (Å²) in [6.45, 7) is 7.28. The number of nitrogens with zero attached hydrogens (tertiary/aromatic N) is 2. The summed E-state index contributed by atoms with van der Waals surface area (Å²) >= 11 is 0. The molecule has 0 radical (unpaired) electrons. The summed E-state index contributed by atoms with van der Waals surface area (Å²) in [5.74, 6) is 0.723. The molecule has 6 nitrogen and oxygen atoms in total. The second-order valence-corrected chi connectivity index (χ2v) is 4.60. The number of hydrogen-bond donors (Lipinski definition) is 2. The van der Waals surface area contributed by atoms with E-state index in [1.807, 2.05) is 20.8 Å². The van der Waals surface area contributed by atoms with E-state index in [9.17, 15) is 4.79 Å². The van der Waals surface area contributed by atoms with E-state index in [2.05, 4.69) is 20.6 Å². The van der Waals surface area contributed by atoms with E-state index in [1.54, 1.807) is 13.3 Å². The number of anilines is 1. The summed E-state index contributed by atoms with van der Waals surface area (Å²) in [7, 11) is 1.62.